The maximum atomic E-state index is 13.2. The lowest BCUT2D eigenvalue weighted by Crippen LogP contribution is -2.41. The Labute approximate surface area is 159 Å². The molecule has 1 aliphatic heterocycles. The van der Waals surface area contributed by atoms with Gasteiger partial charge in [0.15, 0.2) is 5.96 Å². The van der Waals surface area contributed by atoms with Gasteiger partial charge in [0.1, 0.15) is 6.67 Å². The van der Waals surface area contributed by atoms with Crippen molar-refractivity contribution in [3.63, 3.8) is 0 Å². The second-order valence-electron chi connectivity index (χ2n) is 6.18. The van der Waals surface area contributed by atoms with Gasteiger partial charge in [0, 0.05) is 25.0 Å². The quantitative estimate of drug-likeness (QED) is 0.753. The highest BCUT2D eigenvalue weighted by atomic mass is 32.1. The number of hydrogen-bond donors (Lipinski definition) is 1. The zero-order chi connectivity index (χ0) is 19.0. The predicted octanol–water partition coefficient (Wildman–Crippen LogP) is 2.70. The molecule has 0 bridgehead atoms. The summed E-state index contributed by atoms with van der Waals surface area (Å²) in [5, 5.41) is 0. The normalized spacial score (nSPS) is 19.4. The van der Waals surface area contributed by atoms with Crippen LogP contribution in [0, 0.1) is 0 Å². The third kappa shape index (κ3) is 2.69. The van der Waals surface area contributed by atoms with Gasteiger partial charge in [-0.05, 0) is 23.3 Å². The highest BCUT2D eigenvalue weighted by molar-refractivity contribution is 7.13. The summed E-state index contributed by atoms with van der Waals surface area (Å²) in [7, 11) is 1.58. The molecule has 6 nitrogen and oxygen atoms in total. The van der Waals surface area contributed by atoms with Gasteiger partial charge in [0.2, 0.25) is 5.54 Å². The molecule has 0 saturated carbocycles. The van der Waals surface area contributed by atoms with Crippen molar-refractivity contribution in [1.29, 1.82) is 0 Å². The van der Waals surface area contributed by atoms with Crippen LogP contribution < -0.4 is 5.73 Å². The van der Waals surface area contributed by atoms with Crippen molar-refractivity contribution >= 4 is 23.2 Å². The minimum atomic E-state index is -1.39. The van der Waals surface area contributed by atoms with Gasteiger partial charge >= 0.3 is 0 Å². The number of thiazole rings is 1. The van der Waals surface area contributed by atoms with Crippen molar-refractivity contribution in [2.75, 3.05) is 7.05 Å². The molecule has 8 heteroatoms. The van der Waals surface area contributed by atoms with E-state index in [-0.39, 0.29) is 11.9 Å². The van der Waals surface area contributed by atoms with Gasteiger partial charge in [-0.15, -0.1) is 11.3 Å². The smallest absolute Gasteiger partial charge is 0.267 e. The average Bonchev–Trinajstić information content (AvgIpc) is 3.32. The van der Waals surface area contributed by atoms with Crippen LogP contribution in [0.5, 0.6) is 0 Å². The number of aromatic nitrogens is 2. The lowest BCUT2D eigenvalue weighted by Gasteiger charge is -2.25. The standard InChI is InChI=1S/C19H16FN5OS/c1-25-17(26)19(24-18(25)21,16-6-5-12(8-20)9-23-16)14-4-2-3-13(7-14)15-10-22-11-27-15/h2-7,9-11H,8H2,1H3,(H2,21,24). The van der Waals surface area contributed by atoms with Crippen molar-refractivity contribution in [2.24, 2.45) is 10.7 Å². The number of likely N-dealkylation sites (N-methyl/N-ethyl adjacent to an activating group) is 1. The third-order valence-electron chi connectivity index (χ3n) is 4.59. The molecule has 1 aliphatic rings. The van der Waals surface area contributed by atoms with E-state index in [1.807, 2.05) is 24.3 Å². The van der Waals surface area contributed by atoms with Crippen LogP contribution in [0.1, 0.15) is 16.8 Å². The highest BCUT2D eigenvalue weighted by Gasteiger charge is 2.50. The van der Waals surface area contributed by atoms with Crippen molar-refractivity contribution < 1.29 is 9.18 Å². The SMILES string of the molecule is CN1C(=O)C(c2cccc(-c3cncs3)c2)(c2ccc(CF)cn2)N=C1N. The molecule has 0 saturated heterocycles. The minimum absolute atomic E-state index is 0.111. The van der Waals surface area contributed by atoms with Gasteiger partial charge in [0.05, 0.1) is 16.1 Å². The van der Waals surface area contributed by atoms with Gasteiger partial charge in [-0.25, -0.2) is 9.38 Å². The molecule has 1 amide bonds. The number of hydrogen-bond acceptors (Lipinski definition) is 6. The van der Waals surface area contributed by atoms with Crippen LogP contribution in [0.4, 0.5) is 4.39 Å². The Morgan fingerprint density at radius 3 is 2.70 bits per heavy atom. The minimum Gasteiger partial charge on any atom is -0.369 e. The number of nitrogens with zero attached hydrogens (tertiary/aromatic N) is 4. The van der Waals surface area contributed by atoms with Crippen LogP contribution in [-0.2, 0) is 17.0 Å². The largest absolute Gasteiger partial charge is 0.369 e. The van der Waals surface area contributed by atoms with E-state index in [4.69, 9.17) is 5.73 Å². The van der Waals surface area contributed by atoms with Gasteiger partial charge < -0.3 is 5.73 Å². The summed E-state index contributed by atoms with van der Waals surface area (Å²) in [6, 6.07) is 10.8. The van der Waals surface area contributed by atoms with Crippen LogP contribution >= 0.6 is 11.3 Å². The van der Waals surface area contributed by atoms with Crippen molar-refractivity contribution in [1.82, 2.24) is 14.9 Å². The number of rotatable bonds is 4. The Kier molecular flexibility index (Phi) is 4.19. The van der Waals surface area contributed by atoms with Crippen LogP contribution in [0.25, 0.3) is 10.4 Å². The highest BCUT2D eigenvalue weighted by Crippen LogP contribution is 2.40. The van der Waals surface area contributed by atoms with Gasteiger partial charge in [-0.2, -0.15) is 0 Å². The molecular weight excluding hydrogens is 365 g/mol. The van der Waals surface area contributed by atoms with Gasteiger partial charge in [-0.1, -0.05) is 24.3 Å². The number of pyridine rings is 1. The summed E-state index contributed by atoms with van der Waals surface area (Å²) in [6.45, 7) is -0.625. The molecule has 1 atom stereocenters. The Hall–Kier alpha value is -3.13. The number of aliphatic imine (C=N–C) groups is 1. The summed E-state index contributed by atoms with van der Waals surface area (Å²) in [6.07, 6.45) is 3.19. The number of halogens is 1. The van der Waals surface area contributed by atoms with E-state index >= 15 is 0 Å². The third-order valence-corrected chi connectivity index (χ3v) is 5.41. The van der Waals surface area contributed by atoms with E-state index < -0.39 is 12.2 Å². The van der Waals surface area contributed by atoms with E-state index in [1.54, 1.807) is 30.9 Å². The zero-order valence-corrected chi connectivity index (χ0v) is 15.3. The summed E-state index contributed by atoms with van der Waals surface area (Å²) in [5.41, 5.74) is 8.72. The lowest BCUT2D eigenvalue weighted by atomic mass is 9.85. The van der Waals surface area contributed by atoms with E-state index in [0.29, 0.717) is 16.8 Å². The van der Waals surface area contributed by atoms with Crippen LogP contribution in [0.15, 0.2) is 59.3 Å². The second-order valence-corrected chi connectivity index (χ2v) is 7.06. The second kappa shape index (κ2) is 6.55. The maximum absolute atomic E-state index is 13.2. The van der Waals surface area contributed by atoms with Crippen LogP contribution in [0.3, 0.4) is 0 Å². The molecule has 1 unspecified atom stereocenters. The fourth-order valence-corrected chi connectivity index (χ4v) is 3.74. The molecule has 2 aromatic heterocycles. The molecule has 0 fully saturated rings. The van der Waals surface area contributed by atoms with Crippen molar-refractivity contribution in [3.05, 3.63) is 71.1 Å². The van der Waals surface area contributed by atoms with Crippen molar-refractivity contribution in [2.45, 2.75) is 12.2 Å². The number of carbonyl (C=O) groups excluding carboxylic acids is 1. The molecule has 2 N–H and O–H groups in total. The first-order valence-corrected chi connectivity index (χ1v) is 9.08. The number of nitrogens with two attached hydrogens (primary N) is 1. The lowest BCUT2D eigenvalue weighted by molar-refractivity contribution is -0.129. The summed E-state index contributed by atoms with van der Waals surface area (Å²) >= 11 is 1.50. The first-order valence-electron chi connectivity index (χ1n) is 8.20. The molecule has 0 aliphatic carbocycles. The van der Waals surface area contributed by atoms with E-state index in [9.17, 15) is 9.18 Å². The first kappa shape index (κ1) is 17.3. The van der Waals surface area contributed by atoms with Gasteiger partial charge in [-0.3, -0.25) is 19.7 Å². The van der Waals surface area contributed by atoms with E-state index in [0.717, 1.165) is 10.4 Å². The molecule has 4 rings (SSSR count). The van der Waals surface area contributed by atoms with Crippen LogP contribution in [-0.4, -0.2) is 33.8 Å². The fourth-order valence-electron chi connectivity index (χ4n) is 3.12. The topological polar surface area (TPSA) is 84.5 Å². The molecule has 3 aromatic rings. The Balaban J connectivity index is 1.92. The summed E-state index contributed by atoms with van der Waals surface area (Å²) in [4.78, 5) is 28.4. The monoisotopic (exact) mass is 381 g/mol. The maximum Gasteiger partial charge on any atom is 0.267 e. The molecule has 3 heterocycles. The molecule has 27 heavy (non-hydrogen) atoms. The zero-order valence-electron chi connectivity index (χ0n) is 14.5. The Bertz CT molecular complexity index is 1020. The van der Waals surface area contributed by atoms with E-state index in [2.05, 4.69) is 15.0 Å². The molecule has 0 radical (unpaired) electrons. The Morgan fingerprint density at radius 2 is 2.11 bits per heavy atom. The number of alkyl halides is 1. The summed E-state index contributed by atoms with van der Waals surface area (Å²) < 4.78 is 12.9. The number of amides is 1. The molecule has 1 aromatic carbocycles. The molecule has 136 valence electrons. The molecular formula is C19H16FN5OS. The van der Waals surface area contributed by atoms with Crippen LogP contribution in [0.2, 0.25) is 0 Å². The van der Waals surface area contributed by atoms with E-state index in [1.165, 1.54) is 22.4 Å². The predicted molar refractivity (Wildman–Crippen MR) is 102 cm³/mol. The summed E-state index contributed by atoms with van der Waals surface area (Å²) in [5.74, 6) is -0.193. The fraction of sp³-hybridized carbons (Fsp3) is 0.158. The van der Waals surface area contributed by atoms with Crippen molar-refractivity contribution in [3.8, 4) is 10.4 Å². The number of benzene rings is 1. The molecule has 0 spiro atoms. The average molecular weight is 381 g/mol. The number of carbonyl (C=O) groups is 1. The first-order chi connectivity index (χ1) is 13.1. The van der Waals surface area contributed by atoms with Gasteiger partial charge in [0.25, 0.3) is 5.91 Å². The number of guanidine groups is 1. The Morgan fingerprint density at radius 1 is 1.26 bits per heavy atom.